The first-order chi connectivity index (χ1) is 13.1. The molecular weight excluding hydrogens is 457 g/mol. The number of nitrogens with zero attached hydrogens (tertiary/aromatic N) is 6. The molecule has 1 N–H and O–H groups in total. The molecule has 27 heavy (non-hydrogen) atoms. The molecule has 140 valence electrons. The zero-order chi connectivity index (χ0) is 18.8. The van der Waals surface area contributed by atoms with Gasteiger partial charge in [-0.3, -0.25) is 14.4 Å². The second-order valence-corrected chi connectivity index (χ2v) is 7.66. The number of carbonyl (C=O) groups excluding carboxylic acids is 1. The molecule has 3 aromatic rings. The minimum Gasteiger partial charge on any atom is -0.353 e. The van der Waals surface area contributed by atoms with E-state index in [-0.39, 0.29) is 5.91 Å². The smallest absolute Gasteiger partial charge is 0.238 e. The SMILES string of the molecule is Cn1ncc2c(N3CCN(CC(=O)Nc4ccccc4I)CC3)ncnc21. The van der Waals surface area contributed by atoms with Crippen LogP contribution in [0.1, 0.15) is 0 Å². The molecule has 1 aliphatic rings. The van der Waals surface area contributed by atoms with Crippen molar-refractivity contribution in [1.82, 2.24) is 24.6 Å². The summed E-state index contributed by atoms with van der Waals surface area (Å²) in [6.45, 7) is 3.65. The van der Waals surface area contributed by atoms with Crippen LogP contribution in [0.25, 0.3) is 11.0 Å². The van der Waals surface area contributed by atoms with Gasteiger partial charge in [-0.25, -0.2) is 9.97 Å². The summed E-state index contributed by atoms with van der Waals surface area (Å²) in [5.74, 6) is 0.931. The molecule has 2 aromatic heterocycles. The van der Waals surface area contributed by atoms with Crippen molar-refractivity contribution in [2.45, 2.75) is 0 Å². The first kappa shape index (κ1) is 18.1. The molecule has 1 aliphatic heterocycles. The van der Waals surface area contributed by atoms with Crippen LogP contribution < -0.4 is 10.2 Å². The van der Waals surface area contributed by atoms with Crippen LogP contribution in [-0.4, -0.2) is 63.3 Å². The van der Waals surface area contributed by atoms with Crippen molar-refractivity contribution in [3.63, 3.8) is 0 Å². The summed E-state index contributed by atoms with van der Waals surface area (Å²) >= 11 is 2.23. The number of fused-ring (bicyclic) bond motifs is 1. The topological polar surface area (TPSA) is 79.2 Å². The summed E-state index contributed by atoms with van der Waals surface area (Å²) in [7, 11) is 1.88. The zero-order valence-corrected chi connectivity index (χ0v) is 17.1. The number of aromatic nitrogens is 4. The van der Waals surface area contributed by atoms with Crippen LogP contribution in [0, 0.1) is 3.57 Å². The summed E-state index contributed by atoms with van der Waals surface area (Å²) in [4.78, 5) is 25.5. The van der Waals surface area contributed by atoms with Crippen molar-refractivity contribution in [3.8, 4) is 0 Å². The number of amides is 1. The van der Waals surface area contributed by atoms with E-state index in [1.165, 1.54) is 0 Å². The fraction of sp³-hybridized carbons (Fsp3) is 0.333. The lowest BCUT2D eigenvalue weighted by molar-refractivity contribution is -0.117. The highest BCUT2D eigenvalue weighted by Gasteiger charge is 2.22. The van der Waals surface area contributed by atoms with Gasteiger partial charge in [-0.05, 0) is 34.7 Å². The van der Waals surface area contributed by atoms with Gasteiger partial charge in [-0.1, -0.05) is 12.1 Å². The van der Waals surface area contributed by atoms with Crippen LogP contribution in [0.2, 0.25) is 0 Å². The third kappa shape index (κ3) is 3.88. The Bertz CT molecular complexity index is 965. The van der Waals surface area contributed by atoms with Gasteiger partial charge in [0.05, 0.1) is 23.8 Å². The van der Waals surface area contributed by atoms with Crippen LogP contribution in [0.3, 0.4) is 0 Å². The van der Waals surface area contributed by atoms with E-state index in [0.717, 1.165) is 52.3 Å². The average Bonchev–Trinajstić information content (AvgIpc) is 3.06. The van der Waals surface area contributed by atoms with Gasteiger partial charge in [0, 0.05) is 36.8 Å². The molecule has 0 aliphatic carbocycles. The Morgan fingerprint density at radius 3 is 2.74 bits per heavy atom. The number of halogens is 1. The van der Waals surface area contributed by atoms with Crippen molar-refractivity contribution in [2.24, 2.45) is 7.05 Å². The van der Waals surface area contributed by atoms with Gasteiger partial charge in [0.25, 0.3) is 0 Å². The Morgan fingerprint density at radius 1 is 1.19 bits per heavy atom. The van der Waals surface area contributed by atoms with Crippen LogP contribution in [-0.2, 0) is 11.8 Å². The van der Waals surface area contributed by atoms with E-state index in [1.807, 2.05) is 37.5 Å². The van der Waals surface area contributed by atoms with E-state index in [2.05, 4.69) is 52.8 Å². The van der Waals surface area contributed by atoms with Crippen molar-refractivity contribution in [3.05, 3.63) is 40.4 Å². The number of hydrogen-bond acceptors (Lipinski definition) is 6. The third-order valence-corrected chi connectivity index (χ3v) is 5.64. The van der Waals surface area contributed by atoms with Gasteiger partial charge in [0.2, 0.25) is 5.91 Å². The number of para-hydroxylation sites is 1. The standard InChI is InChI=1S/C18H20IN7O/c1-24-17-13(10-22-24)18(21-12-20-17)26-8-6-25(7-9-26)11-16(27)23-15-5-3-2-4-14(15)19/h2-5,10,12H,6-9,11H2,1H3,(H,23,27). The number of rotatable bonds is 4. The van der Waals surface area contributed by atoms with E-state index < -0.39 is 0 Å². The number of anilines is 2. The molecule has 0 radical (unpaired) electrons. The highest BCUT2D eigenvalue weighted by Crippen LogP contribution is 2.23. The van der Waals surface area contributed by atoms with Crippen molar-refractivity contribution < 1.29 is 4.79 Å². The molecule has 1 fully saturated rings. The van der Waals surface area contributed by atoms with Gasteiger partial charge in [-0.15, -0.1) is 0 Å². The first-order valence-electron chi connectivity index (χ1n) is 8.76. The number of hydrogen-bond donors (Lipinski definition) is 1. The second-order valence-electron chi connectivity index (χ2n) is 6.49. The summed E-state index contributed by atoms with van der Waals surface area (Å²) in [6, 6.07) is 7.79. The van der Waals surface area contributed by atoms with Crippen LogP contribution >= 0.6 is 22.6 Å². The Morgan fingerprint density at radius 2 is 1.96 bits per heavy atom. The predicted molar refractivity (Wildman–Crippen MR) is 113 cm³/mol. The summed E-state index contributed by atoms with van der Waals surface area (Å²) in [5, 5.41) is 8.23. The molecule has 0 unspecified atom stereocenters. The Kier molecular flexibility index (Phi) is 5.21. The number of aryl methyl sites for hydroxylation is 1. The molecule has 0 saturated carbocycles. The summed E-state index contributed by atoms with van der Waals surface area (Å²) in [6.07, 6.45) is 3.40. The fourth-order valence-corrected chi connectivity index (χ4v) is 3.80. The Labute approximate surface area is 170 Å². The fourth-order valence-electron chi connectivity index (χ4n) is 3.27. The summed E-state index contributed by atoms with van der Waals surface area (Å²) < 4.78 is 2.80. The van der Waals surface area contributed by atoms with Gasteiger partial charge in [-0.2, -0.15) is 5.10 Å². The normalized spacial score (nSPS) is 15.3. The Balaban J connectivity index is 1.36. The maximum atomic E-state index is 12.4. The van der Waals surface area contributed by atoms with Crippen LogP contribution in [0.5, 0.6) is 0 Å². The Hall–Kier alpha value is -2.27. The lowest BCUT2D eigenvalue weighted by atomic mass is 10.2. The minimum absolute atomic E-state index is 0.0178. The average molecular weight is 477 g/mol. The van der Waals surface area contributed by atoms with Crippen LogP contribution in [0.15, 0.2) is 36.8 Å². The first-order valence-corrected chi connectivity index (χ1v) is 9.84. The molecule has 0 bridgehead atoms. The van der Waals surface area contributed by atoms with E-state index in [0.29, 0.717) is 6.54 Å². The van der Waals surface area contributed by atoms with Crippen molar-refractivity contribution >= 4 is 51.0 Å². The van der Waals surface area contributed by atoms with Gasteiger partial charge >= 0.3 is 0 Å². The number of benzene rings is 1. The van der Waals surface area contributed by atoms with E-state index in [4.69, 9.17) is 0 Å². The largest absolute Gasteiger partial charge is 0.353 e. The number of nitrogens with one attached hydrogen (secondary N) is 1. The van der Waals surface area contributed by atoms with E-state index in [9.17, 15) is 4.79 Å². The van der Waals surface area contributed by atoms with Gasteiger partial charge in [0.1, 0.15) is 12.1 Å². The highest BCUT2D eigenvalue weighted by atomic mass is 127. The number of carbonyl (C=O) groups is 1. The molecule has 4 rings (SSSR count). The lowest BCUT2D eigenvalue weighted by Crippen LogP contribution is -2.49. The van der Waals surface area contributed by atoms with Gasteiger partial charge < -0.3 is 10.2 Å². The maximum absolute atomic E-state index is 12.4. The van der Waals surface area contributed by atoms with Crippen LogP contribution in [0.4, 0.5) is 11.5 Å². The molecule has 1 saturated heterocycles. The molecule has 1 aromatic carbocycles. The molecule has 0 atom stereocenters. The van der Waals surface area contributed by atoms with Crippen molar-refractivity contribution in [2.75, 3.05) is 42.9 Å². The lowest BCUT2D eigenvalue weighted by Gasteiger charge is -2.35. The van der Waals surface area contributed by atoms with Crippen molar-refractivity contribution in [1.29, 1.82) is 0 Å². The monoisotopic (exact) mass is 477 g/mol. The molecule has 3 heterocycles. The third-order valence-electron chi connectivity index (χ3n) is 4.70. The maximum Gasteiger partial charge on any atom is 0.238 e. The number of piperazine rings is 1. The predicted octanol–water partition coefficient (Wildman–Crippen LogP) is 1.73. The quantitative estimate of drug-likeness (QED) is 0.577. The van der Waals surface area contributed by atoms with E-state index in [1.54, 1.807) is 11.0 Å². The van der Waals surface area contributed by atoms with E-state index >= 15 is 0 Å². The second kappa shape index (κ2) is 7.77. The minimum atomic E-state index is 0.0178. The van der Waals surface area contributed by atoms with Gasteiger partial charge in [0.15, 0.2) is 5.65 Å². The highest BCUT2D eigenvalue weighted by molar-refractivity contribution is 14.1. The molecule has 0 spiro atoms. The molecular formula is C18H20IN7O. The molecule has 9 heteroatoms. The molecule has 8 nitrogen and oxygen atoms in total. The molecule has 1 amide bonds. The summed E-state index contributed by atoms with van der Waals surface area (Å²) in [5.41, 5.74) is 1.70. The zero-order valence-electron chi connectivity index (χ0n) is 15.0.